The number of ketones is 1. The number of nitrogens with two attached hydrogens (primary N) is 1. The molecule has 370 valence electrons. The Labute approximate surface area is 381 Å². The van der Waals surface area contributed by atoms with Crippen LogP contribution in [-0.4, -0.2) is 59.5 Å². The topological polar surface area (TPSA) is 185 Å². The molecule has 2 N–H and O–H groups in total. The number of phosphoric ester groups is 1. The van der Waals surface area contributed by atoms with E-state index in [9.17, 15) is 23.7 Å². The van der Waals surface area contributed by atoms with E-state index in [-0.39, 0.29) is 25.1 Å². The van der Waals surface area contributed by atoms with Crippen molar-refractivity contribution in [2.45, 2.75) is 232 Å². The van der Waals surface area contributed by atoms with Crippen molar-refractivity contribution in [3.63, 3.8) is 0 Å². The molecule has 3 atom stereocenters. The third-order valence-electron chi connectivity index (χ3n) is 11.7. The van der Waals surface area contributed by atoms with Gasteiger partial charge in [-0.15, -0.1) is 0 Å². The zero-order chi connectivity index (χ0) is 46.9. The van der Waals surface area contributed by atoms with Crippen molar-refractivity contribution in [1.82, 2.24) is 9.55 Å². The number of hydrogen-bond donors (Lipinski definition) is 1. The molecule has 14 nitrogen and oxygen atoms in total. The van der Waals surface area contributed by atoms with E-state index in [2.05, 4.69) is 25.8 Å². The summed E-state index contributed by atoms with van der Waals surface area (Å²) in [7, 11) is -4.79. The molecule has 0 saturated carbocycles. The summed E-state index contributed by atoms with van der Waals surface area (Å²) >= 11 is 0. The summed E-state index contributed by atoms with van der Waals surface area (Å²) < 4.78 is 79.2. The van der Waals surface area contributed by atoms with E-state index in [1.807, 2.05) is 0 Å². The van der Waals surface area contributed by atoms with Crippen molar-refractivity contribution in [3.8, 4) is 0 Å². The van der Waals surface area contributed by atoms with E-state index < -0.39 is 82.0 Å². The van der Waals surface area contributed by atoms with Gasteiger partial charge in [0.15, 0.2) is 0 Å². The maximum absolute atomic E-state index is 16.3. The number of Topliss-reactive ketones (excluding diaryl/α,β-unsaturated/α-hetero) is 1. The Morgan fingerprint density at radius 1 is 0.672 bits per heavy atom. The number of nitrogen functional groups attached to an aromatic ring is 1. The molecule has 1 aliphatic rings. The minimum atomic E-state index is -4.79. The standard InChI is InChI=1S/C47H82F2N3O11P/c1-4-7-10-13-16-17-18-19-20-21-22-23-24-27-30-39(53)35-40-41(63-45(47(40,48)49)52-34-33-42(50)51-46(52)56)36-60-64(57,61-37-58-43(54)31-28-25-14-11-8-5-2)62-38-59-44(55)32-29-26-15-12-9-6-3/h33-34,40-41,45H,4-32,35-38H2,1-3H3,(H2,50,51,56)/t40-,41-,45-/m1/s1. The van der Waals surface area contributed by atoms with Crippen LogP contribution in [0.25, 0.3) is 0 Å². The maximum Gasteiger partial charge on any atom is 0.480 e. The van der Waals surface area contributed by atoms with Crippen molar-refractivity contribution in [1.29, 1.82) is 0 Å². The van der Waals surface area contributed by atoms with E-state index in [1.54, 1.807) is 0 Å². The van der Waals surface area contributed by atoms with Gasteiger partial charge in [0, 0.05) is 31.9 Å². The fourth-order valence-corrected chi connectivity index (χ4v) is 8.67. The van der Waals surface area contributed by atoms with Crippen LogP contribution in [0.4, 0.5) is 14.6 Å². The summed E-state index contributed by atoms with van der Waals surface area (Å²) in [5.74, 6) is -7.46. The summed E-state index contributed by atoms with van der Waals surface area (Å²) in [6.07, 6.45) is 24.1. The van der Waals surface area contributed by atoms with Gasteiger partial charge < -0.3 is 19.9 Å². The molecule has 17 heteroatoms. The molecule has 0 aromatic carbocycles. The number of hydrogen-bond acceptors (Lipinski definition) is 13. The van der Waals surface area contributed by atoms with Gasteiger partial charge in [0.2, 0.25) is 19.8 Å². The number of aromatic nitrogens is 2. The highest BCUT2D eigenvalue weighted by Crippen LogP contribution is 2.53. The number of nitrogens with zero attached hydrogens (tertiary/aromatic N) is 2. The number of esters is 2. The first-order valence-electron chi connectivity index (χ1n) is 24.6. The first-order chi connectivity index (χ1) is 30.9. The molecule has 2 rings (SSSR count). The fraction of sp³-hybridized carbons (Fsp3) is 0.851. The van der Waals surface area contributed by atoms with Gasteiger partial charge in [-0.2, -0.15) is 4.98 Å². The van der Waals surface area contributed by atoms with Crippen LogP contribution in [-0.2, 0) is 46.7 Å². The van der Waals surface area contributed by atoms with Crippen LogP contribution in [0.5, 0.6) is 0 Å². The Kier molecular flexibility index (Phi) is 30.9. The molecular formula is C47H82F2N3O11P. The predicted molar refractivity (Wildman–Crippen MR) is 243 cm³/mol. The second kappa shape index (κ2) is 34.5. The van der Waals surface area contributed by atoms with Gasteiger partial charge in [0.25, 0.3) is 5.92 Å². The van der Waals surface area contributed by atoms with E-state index >= 15 is 8.78 Å². The molecule has 0 bridgehead atoms. The molecule has 1 aromatic rings. The number of unbranched alkanes of at least 4 members (excludes halogenated alkanes) is 23. The number of carbonyl (C=O) groups excluding carboxylic acids is 3. The molecule has 1 fully saturated rings. The summed E-state index contributed by atoms with van der Waals surface area (Å²) in [6.45, 7) is 3.86. The molecule has 0 amide bonds. The van der Waals surface area contributed by atoms with Crippen LogP contribution in [0.1, 0.15) is 220 Å². The van der Waals surface area contributed by atoms with Crippen LogP contribution in [0.15, 0.2) is 17.1 Å². The third kappa shape index (κ3) is 24.7. The molecule has 0 aliphatic carbocycles. The lowest BCUT2D eigenvalue weighted by Gasteiger charge is -2.24. The number of ether oxygens (including phenoxy) is 3. The van der Waals surface area contributed by atoms with Gasteiger partial charge in [-0.1, -0.05) is 168 Å². The summed E-state index contributed by atoms with van der Waals surface area (Å²) in [4.78, 5) is 54.4. The predicted octanol–water partition coefficient (Wildman–Crippen LogP) is 12.5. The Balaban J connectivity index is 2.05. The molecule has 64 heavy (non-hydrogen) atoms. The second-order valence-corrected chi connectivity index (χ2v) is 18.9. The average molecular weight is 934 g/mol. The normalized spacial score (nSPS) is 17.2. The first kappa shape index (κ1) is 57.3. The molecule has 1 saturated heterocycles. The van der Waals surface area contributed by atoms with Gasteiger partial charge in [-0.25, -0.2) is 27.2 Å². The first-order valence-corrected chi connectivity index (χ1v) is 26.1. The van der Waals surface area contributed by atoms with Crippen LogP contribution in [0.2, 0.25) is 0 Å². The lowest BCUT2D eigenvalue weighted by molar-refractivity contribution is -0.154. The van der Waals surface area contributed by atoms with Crippen molar-refractivity contribution in [3.05, 3.63) is 22.7 Å². The summed E-state index contributed by atoms with van der Waals surface area (Å²) in [5.41, 5.74) is 4.51. The lowest BCUT2D eigenvalue weighted by Crippen LogP contribution is -2.39. The van der Waals surface area contributed by atoms with Crippen LogP contribution in [0.3, 0.4) is 0 Å². The zero-order valence-corrected chi connectivity index (χ0v) is 40.3. The molecule has 2 heterocycles. The number of anilines is 1. The van der Waals surface area contributed by atoms with E-state index in [1.165, 1.54) is 57.8 Å². The highest BCUT2D eigenvalue weighted by molar-refractivity contribution is 7.48. The van der Waals surface area contributed by atoms with Crippen molar-refractivity contribution in [2.75, 3.05) is 25.9 Å². The van der Waals surface area contributed by atoms with Gasteiger partial charge in [-0.05, 0) is 25.3 Å². The highest BCUT2D eigenvalue weighted by Gasteiger charge is 2.60. The van der Waals surface area contributed by atoms with Crippen LogP contribution < -0.4 is 11.4 Å². The van der Waals surface area contributed by atoms with Gasteiger partial charge in [0.05, 0.1) is 18.6 Å². The second-order valence-electron chi connectivity index (χ2n) is 17.2. The monoisotopic (exact) mass is 934 g/mol. The Bertz CT molecular complexity index is 1500. The average Bonchev–Trinajstić information content (AvgIpc) is 3.50. The summed E-state index contributed by atoms with van der Waals surface area (Å²) in [6, 6.07) is 1.16. The minimum absolute atomic E-state index is 0.0746. The van der Waals surface area contributed by atoms with E-state index in [0.29, 0.717) is 23.8 Å². The summed E-state index contributed by atoms with van der Waals surface area (Å²) in [5, 5.41) is 0. The zero-order valence-electron chi connectivity index (χ0n) is 39.4. The molecular weight excluding hydrogens is 851 g/mol. The number of rotatable bonds is 41. The molecule has 0 unspecified atom stereocenters. The molecule has 0 spiro atoms. The SMILES string of the molecule is CCCCCCCCCCCCCCCCC(=O)C[C@@H]1[C@@H](COP(=O)(OCOC(=O)CCCCCCCC)OCOC(=O)CCCCCCCC)O[C@@H](n2ccc(N)nc2=O)C1(F)F. The van der Waals surface area contributed by atoms with Gasteiger partial charge in [0.1, 0.15) is 11.6 Å². The fourth-order valence-electron chi connectivity index (χ4n) is 7.76. The maximum atomic E-state index is 16.3. The number of phosphoric acid groups is 1. The van der Waals surface area contributed by atoms with Gasteiger partial charge >= 0.3 is 25.5 Å². The Morgan fingerprint density at radius 2 is 1.08 bits per heavy atom. The van der Waals surface area contributed by atoms with Crippen LogP contribution in [0, 0.1) is 5.92 Å². The molecule has 1 aromatic heterocycles. The van der Waals surface area contributed by atoms with Gasteiger partial charge in [-0.3, -0.25) is 23.5 Å². The third-order valence-corrected chi connectivity index (χ3v) is 13.0. The van der Waals surface area contributed by atoms with Crippen molar-refractivity contribution < 1.29 is 55.5 Å². The quantitative estimate of drug-likeness (QED) is 0.0283. The molecule has 0 radical (unpaired) electrons. The van der Waals surface area contributed by atoms with Crippen molar-refractivity contribution in [2.24, 2.45) is 5.92 Å². The minimum Gasteiger partial charge on any atom is -0.438 e. The number of carbonyl (C=O) groups is 3. The highest BCUT2D eigenvalue weighted by atomic mass is 31.2. The Morgan fingerprint density at radius 3 is 1.50 bits per heavy atom. The largest absolute Gasteiger partial charge is 0.480 e. The number of alkyl halides is 2. The molecule has 1 aliphatic heterocycles. The Hall–Kier alpha value is -2.78. The smallest absolute Gasteiger partial charge is 0.438 e. The van der Waals surface area contributed by atoms with E-state index in [0.717, 1.165) is 102 Å². The number of halogens is 2. The van der Waals surface area contributed by atoms with Crippen molar-refractivity contribution >= 4 is 31.4 Å². The van der Waals surface area contributed by atoms with E-state index in [4.69, 9.17) is 33.5 Å². The lowest BCUT2D eigenvalue weighted by atomic mass is 9.90. The van der Waals surface area contributed by atoms with Crippen LogP contribution >= 0.6 is 7.82 Å².